The molecule has 0 spiro atoms. The van der Waals surface area contributed by atoms with Crippen molar-refractivity contribution in [3.63, 3.8) is 0 Å². The van der Waals surface area contributed by atoms with Crippen molar-refractivity contribution in [2.24, 2.45) is 5.92 Å². The van der Waals surface area contributed by atoms with Crippen molar-refractivity contribution in [2.75, 3.05) is 23.3 Å². The van der Waals surface area contributed by atoms with Crippen LogP contribution in [0.2, 0.25) is 0 Å². The molecule has 1 unspecified atom stereocenters. The summed E-state index contributed by atoms with van der Waals surface area (Å²) in [5, 5.41) is 22.6. The van der Waals surface area contributed by atoms with Gasteiger partial charge in [-0.1, -0.05) is 12.1 Å². The van der Waals surface area contributed by atoms with Crippen molar-refractivity contribution in [1.82, 2.24) is 10.2 Å². The van der Waals surface area contributed by atoms with E-state index in [4.69, 9.17) is 4.42 Å². The maximum absolute atomic E-state index is 12.9. The first-order valence-electron chi connectivity index (χ1n) is 9.70. The Bertz CT molecular complexity index is 1050. The van der Waals surface area contributed by atoms with Crippen molar-refractivity contribution in [1.29, 1.82) is 0 Å². The molecule has 1 amide bonds. The molecule has 154 valence electrons. The normalized spacial score (nSPS) is 16.3. The summed E-state index contributed by atoms with van der Waals surface area (Å²) >= 11 is 0. The Morgan fingerprint density at radius 3 is 2.80 bits per heavy atom. The third-order valence-corrected chi connectivity index (χ3v) is 5.24. The highest BCUT2D eigenvalue weighted by atomic mass is 16.6. The summed E-state index contributed by atoms with van der Waals surface area (Å²) in [7, 11) is 0. The number of piperidine rings is 1. The summed E-state index contributed by atoms with van der Waals surface area (Å²) in [6.45, 7) is 2.98. The number of carbonyl (C=O) groups is 1. The van der Waals surface area contributed by atoms with Crippen LogP contribution in [0.5, 0.6) is 0 Å². The number of aromatic nitrogens is 2. The third kappa shape index (κ3) is 4.00. The number of nitro groups is 1. The van der Waals surface area contributed by atoms with E-state index in [2.05, 4.69) is 15.5 Å². The number of nitrogens with zero attached hydrogens (tertiary/aromatic N) is 4. The fourth-order valence-electron chi connectivity index (χ4n) is 3.64. The van der Waals surface area contributed by atoms with Crippen molar-refractivity contribution < 1.29 is 14.1 Å². The molecule has 1 aromatic carbocycles. The molecule has 0 bridgehead atoms. The van der Waals surface area contributed by atoms with Crippen molar-refractivity contribution in [2.45, 2.75) is 19.8 Å². The second-order valence-corrected chi connectivity index (χ2v) is 7.25. The lowest BCUT2D eigenvalue weighted by Crippen LogP contribution is -2.41. The highest BCUT2D eigenvalue weighted by Crippen LogP contribution is 2.30. The van der Waals surface area contributed by atoms with Crippen LogP contribution in [0, 0.1) is 23.0 Å². The van der Waals surface area contributed by atoms with Gasteiger partial charge in [0.25, 0.3) is 5.69 Å². The molecule has 0 radical (unpaired) electrons. The maximum atomic E-state index is 12.9. The average molecular weight is 407 g/mol. The first kappa shape index (κ1) is 19.6. The summed E-state index contributed by atoms with van der Waals surface area (Å²) in [6.07, 6.45) is 3.10. The summed E-state index contributed by atoms with van der Waals surface area (Å²) < 4.78 is 5.33. The summed E-state index contributed by atoms with van der Waals surface area (Å²) in [6, 6.07) is 12.0. The van der Waals surface area contributed by atoms with Crippen LogP contribution >= 0.6 is 0 Å². The number of rotatable bonds is 5. The van der Waals surface area contributed by atoms with E-state index in [1.807, 2.05) is 23.1 Å². The first-order valence-corrected chi connectivity index (χ1v) is 9.70. The number of amides is 1. The van der Waals surface area contributed by atoms with Crippen LogP contribution in [0.15, 0.2) is 53.1 Å². The molecule has 9 heteroatoms. The van der Waals surface area contributed by atoms with Gasteiger partial charge in [0.1, 0.15) is 11.4 Å². The van der Waals surface area contributed by atoms with Crippen LogP contribution in [0.3, 0.4) is 0 Å². The molecule has 30 heavy (non-hydrogen) atoms. The van der Waals surface area contributed by atoms with Crippen LogP contribution in [-0.2, 0) is 4.79 Å². The molecule has 9 nitrogen and oxygen atoms in total. The molecule has 0 aliphatic carbocycles. The lowest BCUT2D eigenvalue weighted by atomic mass is 9.96. The maximum Gasteiger partial charge on any atom is 0.293 e. The second kappa shape index (κ2) is 8.32. The number of anilines is 2. The highest BCUT2D eigenvalue weighted by molar-refractivity contribution is 5.96. The van der Waals surface area contributed by atoms with E-state index in [1.54, 1.807) is 31.4 Å². The fourth-order valence-corrected chi connectivity index (χ4v) is 3.64. The minimum absolute atomic E-state index is 0.101. The molecule has 0 saturated carbocycles. The number of hydrogen-bond acceptors (Lipinski definition) is 7. The van der Waals surface area contributed by atoms with Gasteiger partial charge in [-0.2, -0.15) is 0 Å². The van der Waals surface area contributed by atoms with Crippen LogP contribution in [0.4, 0.5) is 17.2 Å². The second-order valence-electron chi connectivity index (χ2n) is 7.25. The molecule has 2 aromatic heterocycles. The Morgan fingerprint density at radius 2 is 2.10 bits per heavy atom. The smallest absolute Gasteiger partial charge is 0.293 e. The van der Waals surface area contributed by atoms with Gasteiger partial charge in [0.2, 0.25) is 5.91 Å². The SMILES string of the molecule is Cc1cccc([N+](=O)[O-])c1NC(=O)C1CCCN(c2ccc(-c3ccco3)nn2)C1. The van der Waals surface area contributed by atoms with Gasteiger partial charge in [-0.3, -0.25) is 14.9 Å². The lowest BCUT2D eigenvalue weighted by molar-refractivity contribution is -0.384. The quantitative estimate of drug-likeness (QED) is 0.505. The Labute approximate surface area is 172 Å². The molecule has 1 fully saturated rings. The largest absolute Gasteiger partial charge is 0.463 e. The minimum atomic E-state index is -0.480. The molecule has 1 N–H and O–H groups in total. The summed E-state index contributed by atoms with van der Waals surface area (Å²) in [4.78, 5) is 25.7. The van der Waals surface area contributed by atoms with E-state index >= 15 is 0 Å². The van der Waals surface area contributed by atoms with Gasteiger partial charge in [0.05, 0.1) is 17.1 Å². The summed E-state index contributed by atoms with van der Waals surface area (Å²) in [5.74, 6) is 0.802. The predicted molar refractivity (Wildman–Crippen MR) is 111 cm³/mol. The van der Waals surface area contributed by atoms with Gasteiger partial charge in [0, 0.05) is 19.2 Å². The highest BCUT2D eigenvalue weighted by Gasteiger charge is 2.28. The number of carbonyl (C=O) groups excluding carboxylic acids is 1. The van der Waals surface area contributed by atoms with Crippen LogP contribution in [0.1, 0.15) is 18.4 Å². The minimum Gasteiger partial charge on any atom is -0.463 e. The van der Waals surface area contributed by atoms with E-state index in [0.29, 0.717) is 35.8 Å². The summed E-state index contributed by atoms with van der Waals surface area (Å²) in [5.41, 5.74) is 1.45. The Hall–Kier alpha value is -3.75. The van der Waals surface area contributed by atoms with Crippen molar-refractivity contribution in [3.8, 4) is 11.5 Å². The molecule has 3 heterocycles. The number of nitrogens with one attached hydrogen (secondary N) is 1. The topological polar surface area (TPSA) is 114 Å². The lowest BCUT2D eigenvalue weighted by Gasteiger charge is -2.32. The zero-order valence-corrected chi connectivity index (χ0v) is 16.4. The van der Waals surface area contributed by atoms with E-state index in [0.717, 1.165) is 13.0 Å². The molecular formula is C21H21N5O4. The number of benzene rings is 1. The van der Waals surface area contributed by atoms with Gasteiger partial charge in [-0.25, -0.2) is 0 Å². The van der Waals surface area contributed by atoms with Gasteiger partial charge in [-0.15, -0.1) is 10.2 Å². The number of para-hydroxylation sites is 1. The van der Waals surface area contributed by atoms with Gasteiger partial charge < -0.3 is 14.6 Å². The zero-order valence-electron chi connectivity index (χ0n) is 16.4. The molecule has 3 aromatic rings. The van der Waals surface area contributed by atoms with E-state index in [-0.39, 0.29) is 23.2 Å². The van der Waals surface area contributed by atoms with E-state index < -0.39 is 4.92 Å². The monoisotopic (exact) mass is 407 g/mol. The number of furan rings is 1. The van der Waals surface area contributed by atoms with Crippen molar-refractivity contribution in [3.05, 3.63) is 64.4 Å². The van der Waals surface area contributed by atoms with E-state index in [1.165, 1.54) is 6.07 Å². The molecule has 1 atom stereocenters. The van der Waals surface area contributed by atoms with Gasteiger partial charge in [0.15, 0.2) is 11.6 Å². The Kier molecular flexibility index (Phi) is 5.42. The van der Waals surface area contributed by atoms with Crippen LogP contribution < -0.4 is 10.2 Å². The van der Waals surface area contributed by atoms with Gasteiger partial charge >= 0.3 is 0 Å². The van der Waals surface area contributed by atoms with Crippen LogP contribution in [0.25, 0.3) is 11.5 Å². The van der Waals surface area contributed by atoms with Gasteiger partial charge in [-0.05, 0) is 49.6 Å². The molecular weight excluding hydrogens is 386 g/mol. The zero-order chi connectivity index (χ0) is 21.1. The molecule has 1 aliphatic rings. The molecule has 4 rings (SSSR count). The van der Waals surface area contributed by atoms with E-state index in [9.17, 15) is 14.9 Å². The first-order chi connectivity index (χ1) is 14.5. The predicted octanol–water partition coefficient (Wildman–Crippen LogP) is 3.81. The van der Waals surface area contributed by atoms with Crippen LogP contribution in [-0.4, -0.2) is 34.1 Å². The molecule has 1 aliphatic heterocycles. The standard InChI is InChI=1S/C21H21N5O4/c1-14-5-2-7-17(26(28)29)20(14)22-21(27)15-6-3-11-25(13-15)19-10-9-16(23-24-19)18-8-4-12-30-18/h2,4-5,7-10,12,15H,3,6,11,13H2,1H3,(H,22,27). The number of aryl methyl sites for hydroxylation is 1. The Morgan fingerprint density at radius 1 is 1.23 bits per heavy atom. The molecule has 1 saturated heterocycles. The average Bonchev–Trinajstić information content (AvgIpc) is 3.30. The fraction of sp³-hybridized carbons (Fsp3) is 0.286. The Balaban J connectivity index is 1.47. The number of nitro benzene ring substituents is 1. The van der Waals surface area contributed by atoms with Crippen molar-refractivity contribution >= 4 is 23.1 Å². The number of hydrogen-bond donors (Lipinski definition) is 1. The third-order valence-electron chi connectivity index (χ3n) is 5.24.